The largest absolute Gasteiger partial charge is 0.473 e. The minimum Gasteiger partial charge on any atom is -0.473 e. The molecule has 2 aliphatic rings. The molecule has 0 spiro atoms. The van der Waals surface area contributed by atoms with Gasteiger partial charge < -0.3 is 20.4 Å². The number of piperazine rings is 1. The van der Waals surface area contributed by atoms with Crippen LogP contribution in [-0.2, 0) is 19.2 Å². The number of hydrogen-bond acceptors (Lipinski definition) is 6. The van der Waals surface area contributed by atoms with Crippen LogP contribution in [0.25, 0.3) is 6.08 Å². The standard InChI is InChI=1S/C18H26N2.2C2H2O4/c1-2-7-17(8-3-1)9-6-12-19-13-15-20(16-14-19)18-10-4-5-11-18;2*3-1(4)2(5)6/h1-3,6-9,18H,4-5,10-16H2;2*(H,3,4)(H,5,6). The third-order valence-corrected chi connectivity index (χ3v) is 5.09. The zero-order valence-electron chi connectivity index (χ0n) is 17.8. The Balaban J connectivity index is 0.000000355. The van der Waals surface area contributed by atoms with Crippen molar-refractivity contribution in [2.75, 3.05) is 32.7 Å². The maximum atomic E-state index is 9.10. The molecule has 3 rings (SSSR count). The molecule has 10 heteroatoms. The number of carbonyl (C=O) groups is 4. The van der Waals surface area contributed by atoms with Crippen LogP contribution in [0.2, 0.25) is 0 Å². The molecule has 1 aliphatic carbocycles. The summed E-state index contributed by atoms with van der Waals surface area (Å²) in [5.41, 5.74) is 1.30. The fourth-order valence-electron chi connectivity index (χ4n) is 3.48. The summed E-state index contributed by atoms with van der Waals surface area (Å²) in [6.45, 7) is 6.09. The van der Waals surface area contributed by atoms with E-state index in [9.17, 15) is 0 Å². The Labute approximate surface area is 186 Å². The first kappa shape index (κ1) is 26.8. The Kier molecular flexibility index (Phi) is 12.3. The Morgan fingerprint density at radius 1 is 0.781 bits per heavy atom. The van der Waals surface area contributed by atoms with Gasteiger partial charge in [0.25, 0.3) is 0 Å². The van der Waals surface area contributed by atoms with Crippen LogP contribution in [0.4, 0.5) is 0 Å². The van der Waals surface area contributed by atoms with Crippen molar-refractivity contribution >= 4 is 30.0 Å². The highest BCUT2D eigenvalue weighted by Crippen LogP contribution is 2.24. The maximum absolute atomic E-state index is 9.10. The molecule has 0 radical (unpaired) electrons. The normalized spacial score (nSPS) is 17.0. The third-order valence-electron chi connectivity index (χ3n) is 5.09. The molecular formula is C22H30N2O8. The molecule has 0 aromatic heterocycles. The third kappa shape index (κ3) is 11.2. The predicted octanol–water partition coefficient (Wildman–Crippen LogP) is 1.57. The van der Waals surface area contributed by atoms with E-state index in [1.165, 1.54) is 57.4 Å². The first-order valence-electron chi connectivity index (χ1n) is 10.3. The van der Waals surface area contributed by atoms with E-state index in [2.05, 4.69) is 52.3 Å². The number of carboxylic acid groups (broad SMARTS) is 4. The SMILES string of the molecule is C(=Cc1ccccc1)CN1CCN(C2CCCC2)CC1.O=C(O)C(=O)O.O=C(O)C(=O)O. The van der Waals surface area contributed by atoms with Crippen molar-refractivity contribution in [3.05, 3.63) is 42.0 Å². The van der Waals surface area contributed by atoms with Gasteiger partial charge in [-0.05, 0) is 18.4 Å². The van der Waals surface area contributed by atoms with Crippen molar-refractivity contribution < 1.29 is 39.6 Å². The Bertz CT molecular complexity index is 719. The van der Waals surface area contributed by atoms with Gasteiger partial charge >= 0.3 is 23.9 Å². The lowest BCUT2D eigenvalue weighted by Crippen LogP contribution is -2.49. The van der Waals surface area contributed by atoms with Gasteiger partial charge in [-0.25, -0.2) is 19.2 Å². The van der Waals surface area contributed by atoms with Crippen molar-refractivity contribution in [3.63, 3.8) is 0 Å². The van der Waals surface area contributed by atoms with Crippen LogP contribution in [0.5, 0.6) is 0 Å². The first-order chi connectivity index (χ1) is 15.2. The summed E-state index contributed by atoms with van der Waals surface area (Å²) in [5.74, 6) is -7.30. The average molecular weight is 450 g/mol. The molecule has 0 unspecified atom stereocenters. The molecule has 4 N–H and O–H groups in total. The summed E-state index contributed by atoms with van der Waals surface area (Å²) in [6.07, 6.45) is 10.3. The number of benzene rings is 1. The minimum absolute atomic E-state index is 0.900. The molecule has 1 saturated carbocycles. The Hall–Kier alpha value is -3.24. The van der Waals surface area contributed by atoms with Crippen LogP contribution < -0.4 is 0 Å². The number of nitrogens with zero attached hydrogens (tertiary/aromatic N) is 2. The van der Waals surface area contributed by atoms with E-state index < -0.39 is 23.9 Å². The zero-order valence-corrected chi connectivity index (χ0v) is 17.8. The fourth-order valence-corrected chi connectivity index (χ4v) is 3.48. The lowest BCUT2D eigenvalue weighted by atomic mass is 10.1. The van der Waals surface area contributed by atoms with Crippen LogP contribution in [0.15, 0.2) is 36.4 Å². The summed E-state index contributed by atoms with van der Waals surface area (Å²) >= 11 is 0. The van der Waals surface area contributed by atoms with Crippen LogP contribution >= 0.6 is 0 Å². The summed E-state index contributed by atoms with van der Waals surface area (Å²) in [6, 6.07) is 11.5. The molecule has 0 atom stereocenters. The van der Waals surface area contributed by atoms with E-state index in [1.54, 1.807) is 0 Å². The molecule has 1 saturated heterocycles. The molecule has 1 aliphatic heterocycles. The van der Waals surface area contributed by atoms with Crippen molar-refractivity contribution in [1.82, 2.24) is 9.80 Å². The number of rotatable bonds is 4. The van der Waals surface area contributed by atoms with Gasteiger partial charge in [0.1, 0.15) is 0 Å². The van der Waals surface area contributed by atoms with E-state index in [0.29, 0.717) is 0 Å². The molecule has 1 aromatic rings. The van der Waals surface area contributed by atoms with Gasteiger partial charge in [0.2, 0.25) is 0 Å². The van der Waals surface area contributed by atoms with E-state index in [1.807, 2.05) is 0 Å². The van der Waals surface area contributed by atoms with E-state index in [-0.39, 0.29) is 0 Å². The highest BCUT2D eigenvalue weighted by molar-refractivity contribution is 6.27. The predicted molar refractivity (Wildman–Crippen MR) is 116 cm³/mol. The van der Waals surface area contributed by atoms with E-state index >= 15 is 0 Å². The Morgan fingerprint density at radius 3 is 1.69 bits per heavy atom. The van der Waals surface area contributed by atoms with Crippen LogP contribution in [0.3, 0.4) is 0 Å². The van der Waals surface area contributed by atoms with E-state index in [4.69, 9.17) is 39.6 Å². The van der Waals surface area contributed by atoms with Crippen molar-refractivity contribution in [3.8, 4) is 0 Å². The molecule has 32 heavy (non-hydrogen) atoms. The minimum atomic E-state index is -1.82. The molecule has 1 heterocycles. The second-order valence-corrected chi connectivity index (χ2v) is 7.31. The zero-order chi connectivity index (χ0) is 23.9. The molecule has 10 nitrogen and oxygen atoms in total. The average Bonchev–Trinajstić information content (AvgIpc) is 3.31. The summed E-state index contributed by atoms with van der Waals surface area (Å²) in [5, 5.41) is 29.6. The van der Waals surface area contributed by atoms with Gasteiger partial charge in [-0.1, -0.05) is 55.3 Å². The molecule has 0 amide bonds. The topological polar surface area (TPSA) is 156 Å². The van der Waals surface area contributed by atoms with Crippen molar-refractivity contribution in [1.29, 1.82) is 0 Å². The van der Waals surface area contributed by atoms with E-state index in [0.717, 1.165) is 12.6 Å². The highest BCUT2D eigenvalue weighted by atomic mass is 16.4. The maximum Gasteiger partial charge on any atom is 0.414 e. The fraction of sp³-hybridized carbons (Fsp3) is 0.455. The van der Waals surface area contributed by atoms with Gasteiger partial charge in [0.15, 0.2) is 0 Å². The summed E-state index contributed by atoms with van der Waals surface area (Å²) in [4.78, 5) is 41.7. The Morgan fingerprint density at radius 2 is 1.25 bits per heavy atom. The lowest BCUT2D eigenvalue weighted by Gasteiger charge is -2.37. The van der Waals surface area contributed by atoms with Gasteiger partial charge in [0.05, 0.1) is 0 Å². The second-order valence-electron chi connectivity index (χ2n) is 7.31. The van der Waals surface area contributed by atoms with Crippen LogP contribution in [-0.4, -0.2) is 92.9 Å². The van der Waals surface area contributed by atoms with Crippen LogP contribution in [0, 0.1) is 0 Å². The monoisotopic (exact) mass is 450 g/mol. The molecular weight excluding hydrogens is 420 g/mol. The first-order valence-corrected chi connectivity index (χ1v) is 10.3. The molecule has 1 aromatic carbocycles. The summed E-state index contributed by atoms with van der Waals surface area (Å²) < 4.78 is 0. The van der Waals surface area contributed by atoms with Crippen molar-refractivity contribution in [2.45, 2.75) is 31.7 Å². The van der Waals surface area contributed by atoms with Gasteiger partial charge in [-0.3, -0.25) is 9.80 Å². The summed E-state index contributed by atoms with van der Waals surface area (Å²) in [7, 11) is 0. The van der Waals surface area contributed by atoms with Crippen LogP contribution in [0.1, 0.15) is 31.2 Å². The lowest BCUT2D eigenvalue weighted by molar-refractivity contribution is -0.159. The molecule has 0 bridgehead atoms. The smallest absolute Gasteiger partial charge is 0.414 e. The second kappa shape index (κ2) is 14.7. The van der Waals surface area contributed by atoms with Gasteiger partial charge in [-0.2, -0.15) is 0 Å². The van der Waals surface area contributed by atoms with Crippen molar-refractivity contribution in [2.24, 2.45) is 0 Å². The number of aliphatic carboxylic acids is 4. The van der Waals surface area contributed by atoms with Gasteiger partial charge in [0, 0.05) is 38.8 Å². The quantitative estimate of drug-likeness (QED) is 0.497. The molecule has 2 fully saturated rings. The number of hydrogen-bond donors (Lipinski definition) is 4. The highest BCUT2D eigenvalue weighted by Gasteiger charge is 2.25. The van der Waals surface area contributed by atoms with Gasteiger partial charge in [-0.15, -0.1) is 0 Å². The molecule has 176 valence electrons. The number of carboxylic acids is 4.